The van der Waals surface area contributed by atoms with Crippen molar-refractivity contribution in [2.75, 3.05) is 12.4 Å². The molecule has 5 nitrogen and oxygen atoms in total. The summed E-state index contributed by atoms with van der Waals surface area (Å²) in [5, 5.41) is 14.3. The van der Waals surface area contributed by atoms with Gasteiger partial charge in [-0.15, -0.1) is 0 Å². The quantitative estimate of drug-likeness (QED) is 0.664. The summed E-state index contributed by atoms with van der Waals surface area (Å²) in [6, 6.07) is 5.18. The molecule has 0 saturated heterocycles. The Hall–Kier alpha value is -1.78. The van der Waals surface area contributed by atoms with E-state index in [2.05, 4.69) is 5.32 Å². The third kappa shape index (κ3) is 3.85. The number of hydrogen-bond donors (Lipinski definition) is 1. The molecule has 0 unspecified atom stereocenters. The van der Waals surface area contributed by atoms with E-state index in [1.807, 2.05) is 0 Å². The van der Waals surface area contributed by atoms with E-state index >= 15 is 0 Å². The first-order chi connectivity index (χ1) is 9.70. The van der Waals surface area contributed by atoms with Gasteiger partial charge in [-0.3, -0.25) is 10.1 Å². The molecule has 1 aromatic rings. The highest BCUT2D eigenvalue weighted by molar-refractivity contribution is 5.61. The van der Waals surface area contributed by atoms with Gasteiger partial charge in [-0.2, -0.15) is 0 Å². The van der Waals surface area contributed by atoms with Gasteiger partial charge in [-0.05, 0) is 18.9 Å². The number of non-ortho nitro benzene ring substituents is 1. The van der Waals surface area contributed by atoms with Crippen LogP contribution in [-0.4, -0.2) is 18.1 Å². The lowest BCUT2D eigenvalue weighted by Crippen LogP contribution is -2.20. The minimum Gasteiger partial charge on any atom is -0.494 e. The normalized spacial score (nSPS) is 17.1. The van der Waals surface area contributed by atoms with Crippen molar-refractivity contribution < 1.29 is 9.66 Å². The maximum absolute atomic E-state index is 10.8. The smallest absolute Gasteiger partial charge is 0.273 e. The Morgan fingerprint density at radius 1 is 1.20 bits per heavy atom. The molecule has 1 aliphatic carbocycles. The fourth-order valence-electron chi connectivity index (χ4n) is 2.73. The molecule has 0 heterocycles. The molecule has 0 bridgehead atoms. The van der Waals surface area contributed by atoms with Gasteiger partial charge < -0.3 is 10.1 Å². The van der Waals surface area contributed by atoms with Crippen LogP contribution < -0.4 is 10.1 Å². The molecular formula is C15H22N2O3. The van der Waals surface area contributed by atoms with E-state index in [1.54, 1.807) is 13.2 Å². The zero-order valence-electron chi connectivity index (χ0n) is 11.9. The van der Waals surface area contributed by atoms with Crippen LogP contribution in [0.3, 0.4) is 0 Å². The molecule has 2 rings (SSSR count). The minimum atomic E-state index is -0.401. The minimum absolute atomic E-state index is 0.0602. The standard InChI is InChI=1S/C15H22N2O3/c1-20-15-11-13(17(18)19)9-10-14(15)16-12-7-5-3-2-4-6-8-12/h9-12,16H,2-8H2,1H3. The molecular weight excluding hydrogens is 256 g/mol. The van der Waals surface area contributed by atoms with Crippen LogP contribution in [0.4, 0.5) is 11.4 Å². The lowest BCUT2D eigenvalue weighted by atomic mass is 9.96. The Balaban J connectivity index is 2.08. The Kier molecular flexibility index (Phi) is 5.21. The van der Waals surface area contributed by atoms with Crippen molar-refractivity contribution in [2.24, 2.45) is 0 Å². The first-order valence-corrected chi connectivity index (χ1v) is 7.29. The Labute approximate surface area is 119 Å². The van der Waals surface area contributed by atoms with Crippen LogP contribution in [0.1, 0.15) is 44.9 Å². The largest absolute Gasteiger partial charge is 0.494 e. The number of nitrogens with one attached hydrogen (secondary N) is 1. The maximum atomic E-state index is 10.8. The van der Waals surface area contributed by atoms with Crippen LogP contribution in [0.5, 0.6) is 5.75 Å². The van der Waals surface area contributed by atoms with Crippen LogP contribution >= 0.6 is 0 Å². The zero-order chi connectivity index (χ0) is 14.4. The lowest BCUT2D eigenvalue weighted by molar-refractivity contribution is -0.384. The summed E-state index contributed by atoms with van der Waals surface area (Å²) in [7, 11) is 1.54. The van der Waals surface area contributed by atoms with E-state index in [4.69, 9.17) is 4.74 Å². The van der Waals surface area contributed by atoms with Crippen LogP contribution in [-0.2, 0) is 0 Å². The van der Waals surface area contributed by atoms with E-state index in [9.17, 15) is 10.1 Å². The van der Waals surface area contributed by atoms with Gasteiger partial charge in [0.25, 0.3) is 5.69 Å². The van der Waals surface area contributed by atoms with Crippen molar-refractivity contribution in [2.45, 2.75) is 51.0 Å². The molecule has 1 aliphatic rings. The molecule has 1 N–H and O–H groups in total. The highest BCUT2D eigenvalue weighted by Gasteiger charge is 2.15. The molecule has 0 aliphatic heterocycles. The van der Waals surface area contributed by atoms with Gasteiger partial charge in [-0.25, -0.2) is 0 Å². The lowest BCUT2D eigenvalue weighted by Gasteiger charge is -2.23. The average molecular weight is 278 g/mol. The predicted octanol–water partition coefficient (Wildman–Crippen LogP) is 4.13. The monoisotopic (exact) mass is 278 g/mol. The van der Waals surface area contributed by atoms with E-state index in [0.29, 0.717) is 11.8 Å². The molecule has 0 atom stereocenters. The fourth-order valence-corrected chi connectivity index (χ4v) is 2.73. The first-order valence-electron chi connectivity index (χ1n) is 7.29. The van der Waals surface area contributed by atoms with Gasteiger partial charge >= 0.3 is 0 Å². The summed E-state index contributed by atoms with van der Waals surface area (Å²) in [6.45, 7) is 0. The number of rotatable bonds is 4. The first kappa shape index (κ1) is 14.6. The summed E-state index contributed by atoms with van der Waals surface area (Å²) in [5.41, 5.74) is 0.911. The second kappa shape index (κ2) is 7.12. The van der Waals surface area contributed by atoms with Crippen molar-refractivity contribution in [3.63, 3.8) is 0 Å². The number of hydrogen-bond acceptors (Lipinski definition) is 4. The topological polar surface area (TPSA) is 64.4 Å². The molecule has 20 heavy (non-hydrogen) atoms. The molecule has 110 valence electrons. The van der Waals surface area contributed by atoms with Crippen molar-refractivity contribution in [1.82, 2.24) is 0 Å². The van der Waals surface area contributed by atoms with Gasteiger partial charge in [0.2, 0.25) is 0 Å². The summed E-state index contributed by atoms with van der Waals surface area (Å²) >= 11 is 0. The van der Waals surface area contributed by atoms with Gasteiger partial charge in [0.1, 0.15) is 5.75 Å². The van der Waals surface area contributed by atoms with Crippen molar-refractivity contribution in [3.8, 4) is 5.75 Å². The number of nitrogens with zero attached hydrogens (tertiary/aromatic N) is 1. The third-order valence-electron chi connectivity index (χ3n) is 3.86. The Bertz CT molecular complexity index is 454. The van der Waals surface area contributed by atoms with Gasteiger partial charge in [0, 0.05) is 12.1 Å². The van der Waals surface area contributed by atoms with Crippen LogP contribution in [0.25, 0.3) is 0 Å². The summed E-state index contributed by atoms with van der Waals surface area (Å²) in [5.74, 6) is 0.543. The number of methoxy groups -OCH3 is 1. The molecule has 1 aromatic carbocycles. The molecule has 1 saturated carbocycles. The summed E-state index contributed by atoms with van der Waals surface area (Å²) in [6.07, 6.45) is 8.74. The Morgan fingerprint density at radius 2 is 1.85 bits per heavy atom. The van der Waals surface area contributed by atoms with Crippen LogP contribution in [0.15, 0.2) is 18.2 Å². The highest BCUT2D eigenvalue weighted by atomic mass is 16.6. The fraction of sp³-hybridized carbons (Fsp3) is 0.600. The van der Waals surface area contributed by atoms with Gasteiger partial charge in [-0.1, -0.05) is 32.1 Å². The maximum Gasteiger partial charge on any atom is 0.273 e. The van der Waals surface area contributed by atoms with Crippen molar-refractivity contribution in [3.05, 3.63) is 28.3 Å². The number of nitro benzene ring substituents is 1. The number of ether oxygens (including phenoxy) is 1. The van der Waals surface area contributed by atoms with Gasteiger partial charge in [0.15, 0.2) is 0 Å². The molecule has 0 radical (unpaired) electrons. The van der Waals surface area contributed by atoms with E-state index in [0.717, 1.165) is 18.5 Å². The van der Waals surface area contributed by atoms with E-state index < -0.39 is 4.92 Å². The van der Waals surface area contributed by atoms with E-state index in [1.165, 1.54) is 44.2 Å². The second-order valence-electron chi connectivity index (χ2n) is 5.33. The van der Waals surface area contributed by atoms with Gasteiger partial charge in [0.05, 0.1) is 23.8 Å². The van der Waals surface area contributed by atoms with Crippen LogP contribution in [0.2, 0.25) is 0 Å². The highest BCUT2D eigenvalue weighted by Crippen LogP contribution is 2.31. The predicted molar refractivity (Wildman–Crippen MR) is 79.4 cm³/mol. The zero-order valence-corrected chi connectivity index (χ0v) is 11.9. The SMILES string of the molecule is COc1cc([N+](=O)[O-])ccc1NC1CCCCCCC1. The molecule has 0 aromatic heterocycles. The number of anilines is 1. The summed E-state index contributed by atoms with van der Waals surface area (Å²) in [4.78, 5) is 10.4. The average Bonchev–Trinajstić information content (AvgIpc) is 2.41. The van der Waals surface area contributed by atoms with Crippen molar-refractivity contribution in [1.29, 1.82) is 0 Å². The van der Waals surface area contributed by atoms with Crippen molar-refractivity contribution >= 4 is 11.4 Å². The Morgan fingerprint density at radius 3 is 2.45 bits per heavy atom. The third-order valence-corrected chi connectivity index (χ3v) is 3.86. The summed E-state index contributed by atoms with van der Waals surface area (Å²) < 4.78 is 5.27. The van der Waals surface area contributed by atoms with E-state index in [-0.39, 0.29) is 5.69 Å². The van der Waals surface area contributed by atoms with Crippen LogP contribution in [0, 0.1) is 10.1 Å². The molecule has 5 heteroatoms. The number of nitro groups is 1. The molecule has 0 spiro atoms. The molecule has 1 fully saturated rings. The second-order valence-corrected chi connectivity index (χ2v) is 5.33. The molecule has 0 amide bonds. The number of benzene rings is 1.